The van der Waals surface area contributed by atoms with Crippen LogP contribution in [0.1, 0.15) is 82.1 Å². The zero-order valence-electron chi connectivity index (χ0n) is 35.8. The molecule has 0 radical (unpaired) electrons. The number of hydrogen-bond acceptors (Lipinski definition) is 2. The van der Waals surface area contributed by atoms with E-state index in [1.807, 2.05) is 0 Å². The van der Waals surface area contributed by atoms with E-state index in [1.165, 1.54) is 57.4 Å². The van der Waals surface area contributed by atoms with Gasteiger partial charge in [0, 0.05) is 5.56 Å². The molecule has 304 valence electrons. The van der Waals surface area contributed by atoms with Crippen molar-refractivity contribution in [1.29, 1.82) is 0 Å². The first kappa shape index (κ1) is 40.7. The van der Waals surface area contributed by atoms with Crippen LogP contribution in [0, 0.1) is 0 Å². The third-order valence-electron chi connectivity index (χ3n) is 12.8. The molecule has 3 aromatic heterocycles. The number of aromatic amines is 2. The van der Waals surface area contributed by atoms with E-state index in [0.717, 1.165) is 83.8 Å². The average Bonchev–Trinajstić information content (AvgIpc) is 4.16. The van der Waals surface area contributed by atoms with E-state index in [0.29, 0.717) is 0 Å². The van der Waals surface area contributed by atoms with Gasteiger partial charge < -0.3 is 0 Å². The number of rotatable bonds is 14. The molecule has 4 aromatic carbocycles. The molecule has 5 heterocycles. The molecule has 4 nitrogen and oxygen atoms in total. The molecule has 0 spiro atoms. The Morgan fingerprint density at radius 3 is 0.951 bits per heavy atom. The fourth-order valence-corrected chi connectivity index (χ4v) is 25.5. The molecule has 5 heteroatoms. The third-order valence-corrected chi connectivity index (χ3v) is 28.4. The van der Waals surface area contributed by atoms with Crippen molar-refractivity contribution in [3.63, 3.8) is 0 Å². The molecular weight excluding hydrogens is 847 g/mol. The average molecular weight is 904 g/mol. The summed E-state index contributed by atoms with van der Waals surface area (Å²) in [5.41, 5.74) is 16.6. The van der Waals surface area contributed by atoms with Crippen molar-refractivity contribution in [2.45, 2.75) is 72.6 Å². The molecule has 0 atom stereocenters. The van der Waals surface area contributed by atoms with Crippen LogP contribution in [-0.2, 0) is 0 Å². The second-order valence-corrected chi connectivity index (χ2v) is 30.0. The zero-order chi connectivity index (χ0) is 41.6. The number of aromatic nitrogens is 4. The Hall–Kier alpha value is -5.72. The van der Waals surface area contributed by atoms with Gasteiger partial charge in [0.05, 0.1) is 0 Å². The second kappa shape index (κ2) is 18.5. The van der Waals surface area contributed by atoms with Gasteiger partial charge in [-0.15, -0.1) is 0 Å². The summed E-state index contributed by atoms with van der Waals surface area (Å²) >= 11 is -2.66. The second-order valence-electron chi connectivity index (χ2n) is 16.8. The van der Waals surface area contributed by atoms with Crippen LogP contribution in [0.4, 0.5) is 0 Å². The van der Waals surface area contributed by atoms with Crippen LogP contribution >= 0.6 is 0 Å². The molecule has 9 rings (SSSR count). The summed E-state index contributed by atoms with van der Waals surface area (Å²) in [5.74, 6) is 0. The monoisotopic (exact) mass is 904 g/mol. The number of benzene rings is 4. The summed E-state index contributed by atoms with van der Waals surface area (Å²) in [6.45, 7) is 7.09. The minimum atomic E-state index is -2.66. The summed E-state index contributed by atoms with van der Waals surface area (Å²) in [6.07, 6.45) is 16.6. The van der Waals surface area contributed by atoms with Crippen LogP contribution < -0.4 is 3.58 Å². The Morgan fingerprint density at radius 1 is 0.361 bits per heavy atom. The summed E-state index contributed by atoms with van der Waals surface area (Å²) < 4.78 is 6.05. The van der Waals surface area contributed by atoms with Gasteiger partial charge in [-0.05, 0) is 5.56 Å². The van der Waals surface area contributed by atoms with Gasteiger partial charge in [-0.25, -0.2) is 0 Å². The Bertz CT molecular complexity index is 2790. The fourth-order valence-electron chi connectivity index (χ4n) is 9.58. The van der Waals surface area contributed by atoms with Gasteiger partial charge in [-0.3, -0.25) is 0 Å². The molecule has 2 aliphatic heterocycles. The van der Waals surface area contributed by atoms with Crippen molar-refractivity contribution in [2.24, 2.45) is 0 Å². The number of nitrogens with zero attached hydrogens (tertiary/aromatic N) is 2. The summed E-state index contributed by atoms with van der Waals surface area (Å²) in [5, 5.41) is 0. The SMILES string of the molecule is CCC[CH2][Sn]([CH2]CCC)([CH2]CCC)[c]1ccc(-c2c3nc(c(-c4ccccc4)c4ccc([nH]4)c(-c4ccccc4)c4nc(c(-c5ccccc5)c5ccc2[nH]5)C=C4)C=C3)cc1. The van der Waals surface area contributed by atoms with Gasteiger partial charge in [0.2, 0.25) is 0 Å². The normalized spacial score (nSPS) is 12.3. The Labute approximate surface area is 365 Å². The number of unbranched alkanes of at least 4 members (excludes halogenated alkanes) is 3. The Morgan fingerprint density at radius 2 is 0.656 bits per heavy atom. The Balaban J connectivity index is 1.36. The topological polar surface area (TPSA) is 57.4 Å². The van der Waals surface area contributed by atoms with E-state index < -0.39 is 18.4 Å². The van der Waals surface area contributed by atoms with Gasteiger partial charge >= 0.3 is 314 Å². The summed E-state index contributed by atoms with van der Waals surface area (Å²) in [4.78, 5) is 18.8. The van der Waals surface area contributed by atoms with Crippen molar-refractivity contribution in [3.05, 3.63) is 162 Å². The number of hydrogen-bond donors (Lipinski definition) is 2. The fraction of sp³-hybridized carbons (Fsp3) is 0.214. The summed E-state index contributed by atoms with van der Waals surface area (Å²) in [7, 11) is 0. The van der Waals surface area contributed by atoms with E-state index >= 15 is 0 Å². The van der Waals surface area contributed by atoms with Gasteiger partial charge in [-0.2, -0.15) is 0 Å². The van der Waals surface area contributed by atoms with Crippen LogP contribution in [0.5, 0.6) is 0 Å². The molecule has 0 fully saturated rings. The molecule has 0 amide bonds. The van der Waals surface area contributed by atoms with Crippen LogP contribution in [-0.4, -0.2) is 38.3 Å². The molecule has 61 heavy (non-hydrogen) atoms. The van der Waals surface area contributed by atoms with Gasteiger partial charge in [0.15, 0.2) is 0 Å². The molecule has 0 saturated heterocycles. The van der Waals surface area contributed by atoms with Crippen LogP contribution in [0.25, 0.3) is 90.9 Å². The van der Waals surface area contributed by atoms with Gasteiger partial charge in [0.1, 0.15) is 0 Å². The first-order valence-corrected chi connectivity index (χ1v) is 30.0. The number of nitrogens with one attached hydrogen (secondary N) is 2. The van der Waals surface area contributed by atoms with E-state index in [2.05, 4.69) is 195 Å². The predicted molar refractivity (Wildman–Crippen MR) is 265 cm³/mol. The Kier molecular flexibility index (Phi) is 12.3. The molecule has 8 bridgehead atoms. The standard InChI is InChI=1S/C44H29N4.3C4H9.Sn/c1-5-13-29(14-6-1)41-33-21-23-35(45-33)42(30-15-7-2-8-16-30)37-25-27-39(47-37)44(32-19-11-4-12-20-32)40-28-26-38(48-40)43(31-17-9-3-10-18-31)36-24-22-34(41)46-36;3*1-3-4-2;/h1-3,5-28,45,48H;3*1,3-4H2,2H3;. The van der Waals surface area contributed by atoms with Crippen LogP contribution in [0.3, 0.4) is 0 Å². The van der Waals surface area contributed by atoms with E-state index in [-0.39, 0.29) is 0 Å². The van der Waals surface area contributed by atoms with Crippen LogP contribution in [0.15, 0.2) is 140 Å². The van der Waals surface area contributed by atoms with Crippen molar-refractivity contribution in [1.82, 2.24) is 19.9 Å². The predicted octanol–water partition coefficient (Wildman–Crippen LogP) is 15.4. The molecular formula is C56H56N4Sn. The van der Waals surface area contributed by atoms with E-state index in [9.17, 15) is 0 Å². The number of H-pyrrole nitrogens is 2. The van der Waals surface area contributed by atoms with Crippen molar-refractivity contribution in [3.8, 4) is 44.5 Å². The molecule has 7 aromatic rings. The van der Waals surface area contributed by atoms with Crippen molar-refractivity contribution in [2.75, 3.05) is 0 Å². The maximum atomic E-state index is 5.55. The molecule has 0 aliphatic carbocycles. The van der Waals surface area contributed by atoms with Gasteiger partial charge in [-0.1, -0.05) is 42.5 Å². The maximum absolute atomic E-state index is 5.55. The first-order chi connectivity index (χ1) is 30.1. The number of fused-ring (bicyclic) bond motifs is 8. The minimum absolute atomic E-state index is 0.919. The van der Waals surface area contributed by atoms with Crippen molar-refractivity contribution < 1.29 is 0 Å². The van der Waals surface area contributed by atoms with Crippen LogP contribution in [0.2, 0.25) is 13.3 Å². The molecule has 0 saturated carbocycles. The quantitative estimate of drug-likeness (QED) is 0.107. The van der Waals surface area contributed by atoms with Gasteiger partial charge in [0.25, 0.3) is 0 Å². The first-order valence-electron chi connectivity index (χ1n) is 22.5. The van der Waals surface area contributed by atoms with E-state index in [4.69, 9.17) is 9.97 Å². The zero-order valence-corrected chi connectivity index (χ0v) is 38.7. The van der Waals surface area contributed by atoms with E-state index in [1.54, 1.807) is 3.58 Å². The molecule has 2 aliphatic rings. The van der Waals surface area contributed by atoms with Crippen molar-refractivity contribution >= 4 is 68.3 Å². The molecule has 0 unspecified atom stereocenters. The molecule has 2 N–H and O–H groups in total. The summed E-state index contributed by atoms with van der Waals surface area (Å²) in [6, 6.07) is 50.7. The third kappa shape index (κ3) is 8.35.